The third-order valence-corrected chi connectivity index (χ3v) is 0. The van der Waals surface area contributed by atoms with Crippen molar-refractivity contribution in [3.05, 3.63) is 0 Å². The fourth-order valence-corrected chi connectivity index (χ4v) is 0. The van der Waals surface area contributed by atoms with Gasteiger partial charge in [-0.25, -0.2) is 0 Å². The molecule has 0 aliphatic rings. The molecule has 1 atom stereocenters. The van der Waals surface area contributed by atoms with Crippen LogP contribution in [-0.2, 0) is 0 Å². The van der Waals surface area contributed by atoms with Gasteiger partial charge in [0.1, 0.15) is 0 Å². The molecule has 0 rings (SSSR count). The van der Waals surface area contributed by atoms with Crippen LogP contribution in [0.2, 0.25) is 0 Å². The van der Waals surface area contributed by atoms with E-state index in [1.165, 1.54) is 0 Å². The smallest absolute Gasteiger partial charge is 1.00 e. The molecule has 0 spiro atoms. The van der Waals surface area contributed by atoms with Gasteiger partial charge in [-0.1, -0.05) is 0 Å². The molecule has 0 aromatic heterocycles. The van der Waals surface area contributed by atoms with Gasteiger partial charge >= 0.3 is 105 Å². The molecule has 7 heavy (non-hydrogen) atoms. The van der Waals surface area contributed by atoms with E-state index < -0.39 is 15.7 Å². The Balaban J connectivity index is -0.00000000450. The van der Waals surface area contributed by atoms with Crippen LogP contribution in [0, 0.1) is 0 Å². The van der Waals surface area contributed by atoms with Crippen molar-refractivity contribution in [1.82, 2.24) is 0 Å². The second-order valence-corrected chi connectivity index (χ2v) is 1.39. The molecule has 0 aliphatic carbocycles. The first-order chi connectivity index (χ1) is 1.73. The summed E-state index contributed by atoms with van der Waals surface area (Å²) in [6, 6.07) is 0. The fraction of sp³-hybridized carbons (Fsp3) is 0. The molecule has 0 bridgehead atoms. The second-order valence-electron chi connectivity index (χ2n) is 0.268. The maximum atomic E-state index is 7.31. The van der Waals surface area contributed by atoms with Crippen molar-refractivity contribution >= 4 is 33.6 Å². The molecule has 0 fully saturated rings. The topological polar surface area (TPSA) is 60.7 Å². The van der Waals surface area contributed by atoms with Crippen LogP contribution in [0.15, 0.2) is 0 Å². The van der Waals surface area contributed by atoms with Gasteiger partial charge in [0.25, 0.3) is 0 Å². The number of rotatable bonds is 0. The number of hydrogen-bond donors (Lipinski definition) is 3. The summed E-state index contributed by atoms with van der Waals surface area (Å²) in [5.74, 6) is 0. The molecule has 0 aromatic rings. The molecule has 1 unspecified atom stereocenters. The van der Waals surface area contributed by atoms with Crippen molar-refractivity contribution in [1.29, 1.82) is 0 Å². The maximum absolute atomic E-state index is 7.31. The summed E-state index contributed by atoms with van der Waals surface area (Å²) in [6.07, 6.45) is 0. The minimum atomic E-state index is -3.19. The van der Waals surface area contributed by atoms with E-state index in [4.69, 9.17) is 12.3 Å². The van der Waals surface area contributed by atoms with Gasteiger partial charge in [0, 0.05) is 0 Å². The van der Waals surface area contributed by atoms with E-state index in [0.29, 0.717) is 0 Å². The Morgan fingerprint density at radius 1 is 1.00 bits per heavy atom. The zero-order valence-electron chi connectivity index (χ0n) is 6.50. The first kappa shape index (κ1) is 22.5. The number of hydrogen-bond acceptors (Lipinski definition) is 3. The summed E-state index contributed by atoms with van der Waals surface area (Å²) < 4.78 is 21.9. The summed E-state index contributed by atoms with van der Waals surface area (Å²) in [7, 11) is 0. The maximum Gasteiger partial charge on any atom is 1.00 e. The van der Waals surface area contributed by atoms with Crippen molar-refractivity contribution < 1.29 is 74.3 Å². The van der Waals surface area contributed by atoms with E-state index in [1.54, 1.807) is 0 Å². The van der Waals surface area contributed by atoms with Crippen LogP contribution in [0.25, 0.3) is 0 Å². The fourth-order valence-electron chi connectivity index (χ4n) is 0. The zero-order valence-corrected chi connectivity index (χ0v) is 13.3. The zero-order chi connectivity index (χ0) is 3.58. The normalized spacial score (nSPS) is 5.14. The SMILES string of the molecule is O[As](O)O.[AsH3].[H-].[H-].[Na+].[Na+]. The molecular formula is H8As2Na2O3. The van der Waals surface area contributed by atoms with E-state index in [9.17, 15) is 0 Å². The summed E-state index contributed by atoms with van der Waals surface area (Å²) in [4.78, 5) is 0. The molecule has 0 aliphatic heterocycles. The predicted octanol–water partition coefficient (Wildman–Crippen LogP) is -9.00. The van der Waals surface area contributed by atoms with E-state index in [2.05, 4.69) is 0 Å². The van der Waals surface area contributed by atoms with Crippen LogP contribution in [0.1, 0.15) is 2.85 Å². The van der Waals surface area contributed by atoms with E-state index in [0.717, 1.165) is 0 Å². The molecular weight excluding hydrogens is 244 g/mol. The molecule has 0 saturated carbocycles. The van der Waals surface area contributed by atoms with Crippen molar-refractivity contribution in [3.63, 3.8) is 0 Å². The Hall–Kier alpha value is 3.00. The van der Waals surface area contributed by atoms with Gasteiger partial charge in [-0.2, -0.15) is 0 Å². The molecule has 0 amide bonds. The van der Waals surface area contributed by atoms with Gasteiger partial charge in [0.15, 0.2) is 0 Å². The third kappa shape index (κ3) is 49.0. The van der Waals surface area contributed by atoms with Crippen molar-refractivity contribution in [2.75, 3.05) is 0 Å². The Bertz CT molecular complexity index is 22.5. The predicted molar refractivity (Wildman–Crippen MR) is 24.6 cm³/mol. The quantitative estimate of drug-likeness (QED) is 0.375. The average molecular weight is 252 g/mol. The first-order valence-corrected chi connectivity index (χ1v) is 3.12. The van der Waals surface area contributed by atoms with Crippen molar-refractivity contribution in [2.45, 2.75) is 0 Å². The Morgan fingerprint density at radius 3 is 1.00 bits per heavy atom. The summed E-state index contributed by atoms with van der Waals surface area (Å²) in [6.45, 7) is 0. The Morgan fingerprint density at radius 2 is 1.00 bits per heavy atom. The molecule has 7 heteroatoms. The van der Waals surface area contributed by atoms with E-state index in [1.807, 2.05) is 0 Å². The largest absolute Gasteiger partial charge is 1.00 e. The molecule has 38 valence electrons. The van der Waals surface area contributed by atoms with Crippen molar-refractivity contribution in [3.8, 4) is 0 Å². The minimum absolute atomic E-state index is 0. The Labute approximate surface area is 106 Å². The molecule has 0 aromatic carbocycles. The van der Waals surface area contributed by atoms with Crippen LogP contribution in [0.5, 0.6) is 0 Å². The third-order valence-electron chi connectivity index (χ3n) is 0. The molecule has 3 nitrogen and oxygen atoms in total. The molecule has 3 N–H and O–H groups in total. The molecule has 0 heterocycles. The van der Waals surface area contributed by atoms with Crippen LogP contribution in [0.4, 0.5) is 0 Å². The van der Waals surface area contributed by atoms with Crippen molar-refractivity contribution in [2.24, 2.45) is 0 Å². The van der Waals surface area contributed by atoms with Crippen LogP contribution >= 0.6 is 0 Å². The second kappa shape index (κ2) is 16.0. The molecule has 0 saturated heterocycles. The van der Waals surface area contributed by atoms with Gasteiger partial charge in [-0.15, -0.1) is 0 Å². The van der Waals surface area contributed by atoms with E-state index >= 15 is 0 Å². The van der Waals surface area contributed by atoms with Crippen LogP contribution in [0.3, 0.4) is 0 Å². The van der Waals surface area contributed by atoms with Gasteiger partial charge in [-0.3, -0.25) is 0 Å². The average Bonchev–Trinajstić information content (AvgIpc) is 0.811. The molecule has 0 radical (unpaired) electrons. The van der Waals surface area contributed by atoms with Gasteiger partial charge < -0.3 is 2.85 Å². The van der Waals surface area contributed by atoms with Gasteiger partial charge in [-0.05, 0) is 0 Å². The standard InChI is InChI=1S/AsH3O3.AsH3.2Na.2H/c2-1(3)4;;;;;/h2-4H;1H3;;;;/q;;2*+1;2*-1. The van der Waals surface area contributed by atoms with E-state index in [-0.39, 0.29) is 79.9 Å². The monoisotopic (exact) mass is 252 g/mol. The van der Waals surface area contributed by atoms with Gasteiger partial charge in [0.05, 0.1) is 0 Å². The van der Waals surface area contributed by atoms with Gasteiger partial charge in [0.2, 0.25) is 0 Å². The summed E-state index contributed by atoms with van der Waals surface area (Å²) in [5.41, 5.74) is 0. The van der Waals surface area contributed by atoms with Crippen LogP contribution < -0.4 is 59.1 Å². The minimum Gasteiger partial charge on any atom is -1.00 e. The summed E-state index contributed by atoms with van der Waals surface area (Å²) in [5, 5.41) is 0. The Kier molecular flexibility index (Phi) is 51.4. The summed E-state index contributed by atoms with van der Waals surface area (Å²) >= 11 is -3.19. The van der Waals surface area contributed by atoms with Crippen LogP contribution in [-0.4, -0.2) is 45.9 Å². The first-order valence-electron chi connectivity index (χ1n) is 0.600.